The molecule has 2 amide bonds. The number of hydrogen-bond donors (Lipinski definition) is 4. The third kappa shape index (κ3) is 8.33. The summed E-state index contributed by atoms with van der Waals surface area (Å²) in [6.07, 6.45) is 24.7. The fourth-order valence-corrected chi connectivity index (χ4v) is 8.77. The van der Waals surface area contributed by atoms with Gasteiger partial charge >= 0.3 is 0 Å². The number of aliphatic hydroxyl groups is 2. The number of aromatic nitrogens is 10. The molecule has 8 aromatic rings. The number of nitrogens with one attached hydrogen (secondary N) is 2. The molecule has 0 saturated heterocycles. The zero-order chi connectivity index (χ0) is 43.3. The van der Waals surface area contributed by atoms with Gasteiger partial charge in [0.2, 0.25) is 0 Å². The van der Waals surface area contributed by atoms with E-state index in [1.807, 2.05) is 46.0 Å². The molecule has 0 radical (unpaired) electrons. The number of anilines is 2. The maximum Gasteiger partial charge on any atom is 0.259 e. The number of ether oxygens (including phenoxy) is 2. The van der Waals surface area contributed by atoms with Crippen LogP contribution in [0.15, 0.2) is 86.0 Å². The van der Waals surface area contributed by atoms with E-state index in [9.17, 15) is 19.8 Å². The minimum absolute atomic E-state index is 0.147. The second-order valence-electron chi connectivity index (χ2n) is 17.4. The molecule has 0 spiro atoms. The Bertz CT molecular complexity index is 2820. The summed E-state index contributed by atoms with van der Waals surface area (Å²) in [5, 5.41) is 45.7. The number of carbonyl (C=O) groups excluding carboxylic acids is 2. The quantitative estimate of drug-likeness (QED) is 0.113. The minimum Gasteiger partial charge on any atom is -0.490 e. The first kappa shape index (κ1) is 39.9. The summed E-state index contributed by atoms with van der Waals surface area (Å²) in [5.74, 6) is 0.527. The number of fused-ring (bicyclic) bond motifs is 4. The molecule has 2 aromatic carbocycles. The Labute approximate surface area is 366 Å². The molecule has 4 aliphatic carbocycles. The van der Waals surface area contributed by atoms with Crippen LogP contribution in [0.3, 0.4) is 0 Å². The van der Waals surface area contributed by atoms with Crippen molar-refractivity contribution in [1.29, 1.82) is 0 Å². The second kappa shape index (κ2) is 16.7. The molecule has 4 saturated carbocycles. The molecule has 6 heterocycles. The van der Waals surface area contributed by atoms with Crippen LogP contribution in [0.2, 0.25) is 0 Å². The highest BCUT2D eigenvalue weighted by Gasteiger charge is 2.30. The van der Waals surface area contributed by atoms with E-state index in [0.29, 0.717) is 58.1 Å². The Morgan fingerprint density at radius 2 is 1.06 bits per heavy atom. The normalized spacial score (nSPS) is 21.2. The number of nitrogens with zero attached hydrogens (tertiary/aromatic N) is 10. The molecule has 64 heavy (non-hydrogen) atoms. The largest absolute Gasteiger partial charge is 0.490 e. The predicted molar refractivity (Wildman–Crippen MR) is 236 cm³/mol. The summed E-state index contributed by atoms with van der Waals surface area (Å²) in [5.41, 5.74) is 4.74. The average Bonchev–Trinajstić information content (AvgIpc) is 4.10. The lowest BCUT2D eigenvalue weighted by atomic mass is 9.93. The van der Waals surface area contributed by atoms with Gasteiger partial charge in [-0.1, -0.05) is 0 Å². The van der Waals surface area contributed by atoms with Gasteiger partial charge in [0, 0.05) is 60.1 Å². The maximum atomic E-state index is 13.3. The third-order valence-electron chi connectivity index (χ3n) is 12.4. The van der Waals surface area contributed by atoms with E-state index >= 15 is 0 Å². The van der Waals surface area contributed by atoms with Crippen molar-refractivity contribution in [3.8, 4) is 11.5 Å². The summed E-state index contributed by atoms with van der Waals surface area (Å²) in [6.45, 7) is 0. The first-order valence-corrected chi connectivity index (χ1v) is 22.2. The molecule has 0 unspecified atom stereocenters. The average molecular weight is 865 g/mol. The number of amides is 2. The smallest absolute Gasteiger partial charge is 0.259 e. The first-order chi connectivity index (χ1) is 31.3. The van der Waals surface area contributed by atoms with E-state index in [-0.39, 0.29) is 48.3 Å². The van der Waals surface area contributed by atoms with Gasteiger partial charge in [-0.2, -0.15) is 20.4 Å². The SMILES string of the molecule is O=C(Nc1cnn2cccnc12)c1cc2cn([C@@H]3CCC[C@H](O)C3)nc2cc1OC1CC1.O=C(Nc1cnn2cccnc12)c1cc2cn([C@H]3CCC[C@@H](O)C3)nc2cc1OC1CC1. The van der Waals surface area contributed by atoms with Gasteiger partial charge in [0.25, 0.3) is 11.8 Å². The van der Waals surface area contributed by atoms with Crippen LogP contribution in [-0.2, 0) is 0 Å². The van der Waals surface area contributed by atoms with Crippen LogP contribution in [0.1, 0.15) is 110 Å². The van der Waals surface area contributed by atoms with Crippen LogP contribution in [0.5, 0.6) is 11.5 Å². The van der Waals surface area contributed by atoms with Crippen LogP contribution >= 0.6 is 0 Å². The molecule has 4 N–H and O–H groups in total. The van der Waals surface area contributed by atoms with Crippen molar-refractivity contribution in [3.63, 3.8) is 0 Å². The Hall–Kier alpha value is -6.92. The maximum absolute atomic E-state index is 13.3. The van der Waals surface area contributed by atoms with Crippen LogP contribution in [0, 0.1) is 0 Å². The Kier molecular flexibility index (Phi) is 10.4. The predicted octanol–water partition coefficient (Wildman–Crippen LogP) is 6.70. The molecule has 4 fully saturated rings. The highest BCUT2D eigenvalue weighted by molar-refractivity contribution is 6.10. The number of carbonyl (C=O) groups is 2. The van der Waals surface area contributed by atoms with E-state index in [1.54, 1.807) is 58.3 Å². The second-order valence-corrected chi connectivity index (χ2v) is 17.4. The summed E-state index contributed by atoms with van der Waals surface area (Å²) in [4.78, 5) is 35.1. The molecule has 0 bridgehead atoms. The molecular formula is C46H48N12O6. The van der Waals surface area contributed by atoms with E-state index in [4.69, 9.17) is 19.7 Å². The molecule has 328 valence electrons. The summed E-state index contributed by atoms with van der Waals surface area (Å²) in [6, 6.07) is 11.3. The van der Waals surface area contributed by atoms with Gasteiger partial charge in [-0.25, -0.2) is 19.0 Å². The summed E-state index contributed by atoms with van der Waals surface area (Å²) in [7, 11) is 0. The molecule has 4 atom stereocenters. The fourth-order valence-electron chi connectivity index (χ4n) is 8.77. The lowest BCUT2D eigenvalue weighted by Crippen LogP contribution is -2.22. The van der Waals surface area contributed by atoms with Crippen molar-refractivity contribution in [3.05, 3.63) is 97.1 Å². The molecule has 4 aliphatic rings. The highest BCUT2D eigenvalue weighted by Crippen LogP contribution is 2.37. The standard InChI is InChI=1S/2C23H24N6O3/c2*30-16-4-1-3-15(10-16)29-13-14-9-18(21(11-19(14)27-29)32-17-5-6-17)23(31)26-20-12-25-28-8-2-7-24-22(20)28/h2*2,7-9,11-13,15-17,30H,1,3-6,10H2,(H,26,31)/t2*15-,16+/m10/s1. The van der Waals surface area contributed by atoms with E-state index in [1.165, 1.54) is 0 Å². The topological polar surface area (TPSA) is 213 Å². The lowest BCUT2D eigenvalue weighted by molar-refractivity contribution is 0.100. The van der Waals surface area contributed by atoms with Crippen molar-refractivity contribution in [2.45, 2.75) is 114 Å². The molecule has 6 aromatic heterocycles. The number of aliphatic hydroxyl groups excluding tert-OH is 2. The van der Waals surface area contributed by atoms with Gasteiger partial charge in [-0.3, -0.25) is 19.0 Å². The number of benzene rings is 2. The van der Waals surface area contributed by atoms with Crippen LogP contribution in [-0.4, -0.2) is 95.2 Å². The van der Waals surface area contributed by atoms with Crippen LogP contribution in [0.4, 0.5) is 11.4 Å². The Morgan fingerprint density at radius 1 is 0.609 bits per heavy atom. The van der Waals surface area contributed by atoms with Gasteiger partial charge in [0.15, 0.2) is 11.3 Å². The fraction of sp³-hybridized carbons (Fsp3) is 0.391. The lowest BCUT2D eigenvalue weighted by Gasteiger charge is -2.25. The van der Waals surface area contributed by atoms with Crippen LogP contribution in [0.25, 0.3) is 33.1 Å². The van der Waals surface area contributed by atoms with Gasteiger partial charge in [-0.15, -0.1) is 0 Å². The molecule has 12 rings (SSSR count). The highest BCUT2D eigenvalue weighted by atomic mass is 16.5. The summed E-state index contributed by atoms with van der Waals surface area (Å²) >= 11 is 0. The number of hydrogen-bond acceptors (Lipinski definition) is 12. The van der Waals surface area contributed by atoms with Crippen molar-refractivity contribution in [2.24, 2.45) is 0 Å². The Morgan fingerprint density at radius 3 is 1.48 bits per heavy atom. The molecule has 18 heteroatoms. The molecule has 0 aliphatic heterocycles. The van der Waals surface area contributed by atoms with Crippen molar-refractivity contribution in [2.75, 3.05) is 10.6 Å². The monoisotopic (exact) mass is 864 g/mol. The van der Waals surface area contributed by atoms with Gasteiger partial charge < -0.3 is 30.3 Å². The molecule has 18 nitrogen and oxygen atoms in total. The molecular weight excluding hydrogens is 817 g/mol. The zero-order valence-electron chi connectivity index (χ0n) is 35.0. The number of rotatable bonds is 10. The zero-order valence-corrected chi connectivity index (χ0v) is 35.0. The van der Waals surface area contributed by atoms with Crippen LogP contribution < -0.4 is 20.1 Å². The van der Waals surface area contributed by atoms with Crippen molar-refractivity contribution < 1.29 is 29.3 Å². The third-order valence-corrected chi connectivity index (χ3v) is 12.4. The minimum atomic E-state index is -0.282. The van der Waals surface area contributed by atoms with E-state index in [0.717, 1.165) is 86.0 Å². The van der Waals surface area contributed by atoms with Crippen molar-refractivity contribution in [1.82, 2.24) is 48.8 Å². The van der Waals surface area contributed by atoms with Crippen molar-refractivity contribution >= 4 is 56.3 Å². The van der Waals surface area contributed by atoms with Gasteiger partial charge in [0.05, 0.1) is 71.1 Å². The first-order valence-electron chi connectivity index (χ1n) is 22.2. The summed E-state index contributed by atoms with van der Waals surface area (Å²) < 4.78 is 19.3. The van der Waals surface area contributed by atoms with E-state index < -0.39 is 0 Å². The Balaban J connectivity index is 0.000000143. The van der Waals surface area contributed by atoms with Gasteiger partial charge in [-0.05, 0) is 101 Å². The van der Waals surface area contributed by atoms with E-state index in [2.05, 4.69) is 30.8 Å². The van der Waals surface area contributed by atoms with Gasteiger partial charge in [0.1, 0.15) is 22.9 Å².